The fourth-order valence-electron chi connectivity index (χ4n) is 1.80. The first-order chi connectivity index (χ1) is 8.81. The van der Waals surface area contributed by atoms with E-state index >= 15 is 0 Å². The summed E-state index contributed by atoms with van der Waals surface area (Å²) >= 11 is 1.57. The Morgan fingerprint density at radius 1 is 1.00 bits per heavy atom. The van der Waals surface area contributed by atoms with Crippen LogP contribution in [-0.2, 0) is 6.61 Å². The lowest BCUT2D eigenvalue weighted by Crippen LogP contribution is -1.91. The number of fused-ring (bicyclic) bond motifs is 1. The molecule has 0 radical (unpaired) electrons. The van der Waals surface area contributed by atoms with Gasteiger partial charge in [-0.1, -0.05) is 24.3 Å². The Kier molecular flexibility index (Phi) is 2.99. The van der Waals surface area contributed by atoms with Crippen molar-refractivity contribution in [1.29, 1.82) is 0 Å². The van der Waals surface area contributed by atoms with Crippen LogP contribution in [0.1, 0.15) is 4.88 Å². The maximum atomic E-state index is 13.1. The first-order valence-electron chi connectivity index (χ1n) is 5.67. The average Bonchev–Trinajstić information content (AvgIpc) is 2.79. The van der Waals surface area contributed by atoms with E-state index in [1.54, 1.807) is 23.5 Å². The van der Waals surface area contributed by atoms with Gasteiger partial charge in [0.1, 0.15) is 18.2 Å². The maximum Gasteiger partial charge on any atom is 0.124 e. The summed E-state index contributed by atoms with van der Waals surface area (Å²) in [5.74, 6) is 0.654. The molecule has 0 amide bonds. The van der Waals surface area contributed by atoms with Gasteiger partial charge in [0.15, 0.2) is 0 Å². The lowest BCUT2D eigenvalue weighted by molar-refractivity contribution is 0.310. The molecule has 0 saturated heterocycles. The van der Waals surface area contributed by atoms with Crippen LogP contribution in [0, 0.1) is 5.82 Å². The Balaban J connectivity index is 1.79. The number of ether oxygens (including phenoxy) is 1. The Morgan fingerprint density at radius 2 is 1.83 bits per heavy atom. The zero-order valence-electron chi connectivity index (χ0n) is 9.60. The largest absolute Gasteiger partial charge is 0.488 e. The first kappa shape index (κ1) is 11.2. The average molecular weight is 258 g/mol. The number of para-hydroxylation sites is 1. The van der Waals surface area contributed by atoms with Gasteiger partial charge in [0.2, 0.25) is 0 Å². The summed E-state index contributed by atoms with van der Waals surface area (Å²) in [4.78, 5) is 1.10. The van der Waals surface area contributed by atoms with Crippen LogP contribution in [0.4, 0.5) is 4.39 Å². The molecule has 0 aliphatic rings. The van der Waals surface area contributed by atoms with E-state index in [4.69, 9.17) is 4.74 Å². The van der Waals surface area contributed by atoms with Crippen molar-refractivity contribution in [2.45, 2.75) is 6.61 Å². The Bertz CT molecular complexity index is 661. The summed E-state index contributed by atoms with van der Waals surface area (Å²) in [5, 5.41) is 1.06. The minimum absolute atomic E-state index is 0.195. The zero-order valence-corrected chi connectivity index (χ0v) is 10.4. The van der Waals surface area contributed by atoms with Crippen LogP contribution in [0.3, 0.4) is 0 Å². The lowest BCUT2D eigenvalue weighted by atomic mass is 10.2. The molecule has 90 valence electrons. The second-order valence-electron chi connectivity index (χ2n) is 4.00. The van der Waals surface area contributed by atoms with E-state index in [1.165, 1.54) is 6.07 Å². The highest BCUT2D eigenvalue weighted by molar-refractivity contribution is 7.19. The Labute approximate surface area is 108 Å². The standard InChI is InChI=1S/C15H11FOS/c16-12-7-6-11-8-14(18-15(11)9-12)10-17-13-4-2-1-3-5-13/h1-9H,10H2. The summed E-state index contributed by atoms with van der Waals surface area (Å²) in [5.41, 5.74) is 0. The van der Waals surface area contributed by atoms with E-state index in [0.29, 0.717) is 6.61 Å². The molecule has 3 heteroatoms. The van der Waals surface area contributed by atoms with Gasteiger partial charge in [-0.25, -0.2) is 4.39 Å². The number of hydrogen-bond acceptors (Lipinski definition) is 2. The second-order valence-corrected chi connectivity index (χ2v) is 5.16. The molecular formula is C15H11FOS. The van der Waals surface area contributed by atoms with Gasteiger partial charge in [-0.2, -0.15) is 0 Å². The summed E-state index contributed by atoms with van der Waals surface area (Å²) in [6, 6.07) is 16.6. The van der Waals surface area contributed by atoms with E-state index in [0.717, 1.165) is 20.7 Å². The fourth-order valence-corrected chi connectivity index (χ4v) is 2.80. The van der Waals surface area contributed by atoms with Crippen LogP contribution in [0.25, 0.3) is 10.1 Å². The molecule has 0 bridgehead atoms. The van der Waals surface area contributed by atoms with Gasteiger partial charge >= 0.3 is 0 Å². The smallest absolute Gasteiger partial charge is 0.124 e. The first-order valence-corrected chi connectivity index (χ1v) is 6.49. The van der Waals surface area contributed by atoms with Gasteiger partial charge in [-0.05, 0) is 35.7 Å². The molecule has 0 aliphatic heterocycles. The van der Waals surface area contributed by atoms with Crippen molar-refractivity contribution < 1.29 is 9.13 Å². The quantitative estimate of drug-likeness (QED) is 0.666. The SMILES string of the molecule is Fc1ccc2cc(COc3ccccc3)sc2c1. The predicted molar refractivity (Wildman–Crippen MR) is 72.6 cm³/mol. The summed E-state index contributed by atoms with van der Waals surface area (Å²) in [6.45, 7) is 0.519. The number of thiophene rings is 1. The van der Waals surface area contributed by atoms with Crippen LogP contribution in [-0.4, -0.2) is 0 Å². The molecule has 0 saturated carbocycles. The zero-order chi connectivity index (χ0) is 12.4. The van der Waals surface area contributed by atoms with Gasteiger partial charge < -0.3 is 4.74 Å². The van der Waals surface area contributed by atoms with Crippen LogP contribution in [0.5, 0.6) is 5.75 Å². The van der Waals surface area contributed by atoms with Crippen molar-refractivity contribution in [2.75, 3.05) is 0 Å². The molecule has 0 N–H and O–H groups in total. The number of benzene rings is 2. The Hall–Kier alpha value is -1.87. The van der Waals surface area contributed by atoms with Crippen molar-refractivity contribution in [3.8, 4) is 5.75 Å². The van der Waals surface area contributed by atoms with Gasteiger partial charge in [-0.3, -0.25) is 0 Å². The highest BCUT2D eigenvalue weighted by Crippen LogP contribution is 2.27. The van der Waals surface area contributed by atoms with Crippen molar-refractivity contribution in [3.63, 3.8) is 0 Å². The van der Waals surface area contributed by atoms with E-state index in [-0.39, 0.29) is 5.82 Å². The highest BCUT2D eigenvalue weighted by atomic mass is 32.1. The molecular weight excluding hydrogens is 247 g/mol. The van der Waals surface area contributed by atoms with E-state index in [9.17, 15) is 4.39 Å². The molecule has 3 aromatic rings. The predicted octanol–water partition coefficient (Wildman–Crippen LogP) is 4.62. The van der Waals surface area contributed by atoms with Gasteiger partial charge in [-0.15, -0.1) is 11.3 Å². The lowest BCUT2D eigenvalue weighted by Gasteiger charge is -2.02. The van der Waals surface area contributed by atoms with Gasteiger partial charge in [0, 0.05) is 9.58 Å². The fraction of sp³-hybridized carbons (Fsp3) is 0.0667. The summed E-state index contributed by atoms with van der Waals surface area (Å²) < 4.78 is 19.7. The van der Waals surface area contributed by atoms with Crippen LogP contribution >= 0.6 is 11.3 Å². The van der Waals surface area contributed by atoms with Crippen LogP contribution in [0.2, 0.25) is 0 Å². The molecule has 2 aromatic carbocycles. The molecule has 1 heterocycles. The number of rotatable bonds is 3. The van der Waals surface area contributed by atoms with E-state index in [1.807, 2.05) is 36.4 Å². The monoisotopic (exact) mass is 258 g/mol. The minimum atomic E-state index is -0.195. The minimum Gasteiger partial charge on any atom is -0.488 e. The van der Waals surface area contributed by atoms with Crippen LogP contribution in [0.15, 0.2) is 54.6 Å². The third kappa shape index (κ3) is 2.36. The van der Waals surface area contributed by atoms with Crippen molar-refractivity contribution in [2.24, 2.45) is 0 Å². The molecule has 0 unspecified atom stereocenters. The molecule has 0 aliphatic carbocycles. The Morgan fingerprint density at radius 3 is 2.67 bits per heavy atom. The van der Waals surface area contributed by atoms with Crippen molar-refractivity contribution >= 4 is 21.4 Å². The molecule has 3 rings (SSSR count). The normalized spacial score (nSPS) is 10.7. The molecule has 0 spiro atoms. The van der Waals surface area contributed by atoms with Gasteiger partial charge in [0.05, 0.1) is 0 Å². The topological polar surface area (TPSA) is 9.23 Å². The maximum absolute atomic E-state index is 13.1. The van der Waals surface area contributed by atoms with Crippen molar-refractivity contribution in [3.05, 3.63) is 65.3 Å². The summed E-state index contributed by atoms with van der Waals surface area (Å²) in [6.07, 6.45) is 0. The third-order valence-corrected chi connectivity index (χ3v) is 3.73. The van der Waals surface area contributed by atoms with Gasteiger partial charge in [0.25, 0.3) is 0 Å². The third-order valence-electron chi connectivity index (χ3n) is 2.66. The molecule has 0 fully saturated rings. The number of hydrogen-bond donors (Lipinski definition) is 0. The van der Waals surface area contributed by atoms with E-state index in [2.05, 4.69) is 0 Å². The molecule has 0 atom stereocenters. The summed E-state index contributed by atoms with van der Waals surface area (Å²) in [7, 11) is 0. The molecule has 1 aromatic heterocycles. The van der Waals surface area contributed by atoms with E-state index < -0.39 is 0 Å². The second kappa shape index (κ2) is 4.78. The number of halogens is 1. The van der Waals surface area contributed by atoms with Crippen molar-refractivity contribution in [1.82, 2.24) is 0 Å². The molecule has 1 nitrogen and oxygen atoms in total. The molecule has 18 heavy (non-hydrogen) atoms. The van der Waals surface area contributed by atoms with Crippen LogP contribution < -0.4 is 4.74 Å². The highest BCUT2D eigenvalue weighted by Gasteiger charge is 2.03.